The lowest BCUT2D eigenvalue weighted by molar-refractivity contribution is -0.116. The van der Waals surface area contributed by atoms with E-state index in [2.05, 4.69) is 17.1 Å². The highest BCUT2D eigenvalue weighted by Crippen LogP contribution is 2.35. The number of rotatable bonds is 2. The van der Waals surface area contributed by atoms with Crippen molar-refractivity contribution in [3.8, 4) is 0 Å². The zero-order valence-corrected chi connectivity index (χ0v) is 12.1. The average Bonchev–Trinajstić information content (AvgIpc) is 2.48. The van der Waals surface area contributed by atoms with Gasteiger partial charge in [0, 0.05) is 24.7 Å². The Morgan fingerprint density at radius 2 is 2.29 bits per heavy atom. The molecule has 0 saturated carbocycles. The van der Waals surface area contributed by atoms with E-state index in [9.17, 15) is 9.90 Å². The number of nitrogens with two attached hydrogens (primary N) is 1. The SMILES string of the molecule is CC1COC(CO)CN1c1cc2c(cc1N)CCC(=O)N2. The van der Waals surface area contributed by atoms with Crippen LogP contribution in [-0.4, -0.2) is 42.9 Å². The zero-order valence-electron chi connectivity index (χ0n) is 12.1. The molecule has 1 aromatic carbocycles. The number of hydrogen-bond donors (Lipinski definition) is 3. The molecule has 2 unspecified atom stereocenters. The number of morpholine rings is 1. The van der Waals surface area contributed by atoms with Crippen LogP contribution in [0, 0.1) is 0 Å². The lowest BCUT2D eigenvalue weighted by Crippen LogP contribution is -2.49. The van der Waals surface area contributed by atoms with Crippen molar-refractivity contribution in [2.45, 2.75) is 31.9 Å². The first kappa shape index (κ1) is 14.2. The van der Waals surface area contributed by atoms with E-state index in [1.165, 1.54) is 0 Å². The molecule has 0 bridgehead atoms. The van der Waals surface area contributed by atoms with Crippen molar-refractivity contribution in [2.75, 3.05) is 35.7 Å². The minimum atomic E-state index is -0.203. The summed E-state index contributed by atoms with van der Waals surface area (Å²) in [5.41, 5.74) is 9.72. The molecule has 6 heteroatoms. The maximum absolute atomic E-state index is 11.6. The van der Waals surface area contributed by atoms with Crippen LogP contribution >= 0.6 is 0 Å². The van der Waals surface area contributed by atoms with E-state index in [0.29, 0.717) is 25.3 Å². The summed E-state index contributed by atoms with van der Waals surface area (Å²) in [6, 6.07) is 4.06. The highest BCUT2D eigenvalue weighted by Gasteiger charge is 2.28. The fourth-order valence-electron chi connectivity index (χ4n) is 2.95. The lowest BCUT2D eigenvalue weighted by atomic mass is 10.00. The maximum Gasteiger partial charge on any atom is 0.224 e. The number of carbonyl (C=O) groups excluding carboxylic acids is 1. The van der Waals surface area contributed by atoms with E-state index in [1.807, 2.05) is 12.1 Å². The number of anilines is 3. The number of nitrogens with zero attached hydrogens (tertiary/aromatic N) is 1. The first-order valence-electron chi connectivity index (χ1n) is 7.30. The van der Waals surface area contributed by atoms with Gasteiger partial charge < -0.3 is 25.8 Å². The molecule has 2 aliphatic rings. The van der Waals surface area contributed by atoms with E-state index < -0.39 is 0 Å². The molecule has 21 heavy (non-hydrogen) atoms. The molecule has 2 aliphatic heterocycles. The van der Waals surface area contributed by atoms with Crippen LogP contribution < -0.4 is 16.0 Å². The van der Waals surface area contributed by atoms with Crippen LogP contribution in [0.1, 0.15) is 18.9 Å². The molecular formula is C15H21N3O3. The van der Waals surface area contributed by atoms with Gasteiger partial charge in [0.2, 0.25) is 5.91 Å². The fraction of sp³-hybridized carbons (Fsp3) is 0.533. The minimum Gasteiger partial charge on any atom is -0.397 e. The van der Waals surface area contributed by atoms with Crippen LogP contribution in [-0.2, 0) is 16.0 Å². The topological polar surface area (TPSA) is 87.8 Å². The van der Waals surface area contributed by atoms with Gasteiger partial charge in [0.1, 0.15) is 0 Å². The monoisotopic (exact) mass is 291 g/mol. The number of carbonyl (C=O) groups is 1. The second kappa shape index (κ2) is 5.54. The lowest BCUT2D eigenvalue weighted by Gasteiger charge is -2.40. The number of aliphatic hydroxyl groups is 1. The van der Waals surface area contributed by atoms with Crippen LogP contribution in [0.5, 0.6) is 0 Å². The third kappa shape index (κ3) is 2.69. The summed E-state index contributed by atoms with van der Waals surface area (Å²) < 4.78 is 5.56. The highest BCUT2D eigenvalue weighted by atomic mass is 16.5. The summed E-state index contributed by atoms with van der Waals surface area (Å²) in [4.78, 5) is 13.7. The van der Waals surface area contributed by atoms with Crippen molar-refractivity contribution < 1.29 is 14.6 Å². The van der Waals surface area contributed by atoms with Gasteiger partial charge in [0.15, 0.2) is 0 Å². The third-order valence-electron chi connectivity index (χ3n) is 4.17. The smallest absolute Gasteiger partial charge is 0.224 e. The molecule has 1 saturated heterocycles. The van der Waals surface area contributed by atoms with Gasteiger partial charge in [-0.2, -0.15) is 0 Å². The second-order valence-electron chi connectivity index (χ2n) is 5.76. The van der Waals surface area contributed by atoms with Crippen molar-refractivity contribution in [3.63, 3.8) is 0 Å². The van der Waals surface area contributed by atoms with E-state index >= 15 is 0 Å². The number of aliphatic hydroxyl groups excluding tert-OH is 1. The van der Waals surface area contributed by atoms with Crippen molar-refractivity contribution in [2.24, 2.45) is 0 Å². The Kier molecular flexibility index (Phi) is 3.73. The van der Waals surface area contributed by atoms with Crippen molar-refractivity contribution in [1.29, 1.82) is 0 Å². The zero-order chi connectivity index (χ0) is 15.0. The number of fused-ring (bicyclic) bond motifs is 1. The second-order valence-corrected chi connectivity index (χ2v) is 5.76. The predicted octanol–water partition coefficient (Wildman–Crippen LogP) is 0.739. The molecule has 1 amide bonds. The molecule has 4 N–H and O–H groups in total. The normalized spacial score (nSPS) is 25.4. The Balaban J connectivity index is 1.93. The molecule has 3 rings (SSSR count). The largest absolute Gasteiger partial charge is 0.397 e. The Bertz CT molecular complexity index is 561. The summed E-state index contributed by atoms with van der Waals surface area (Å²) in [5, 5.41) is 12.2. The number of nitrogens with one attached hydrogen (secondary N) is 1. The Hall–Kier alpha value is -1.79. The Morgan fingerprint density at radius 3 is 3.05 bits per heavy atom. The van der Waals surface area contributed by atoms with Crippen LogP contribution in [0.4, 0.5) is 17.1 Å². The van der Waals surface area contributed by atoms with Gasteiger partial charge in [-0.1, -0.05) is 0 Å². The van der Waals surface area contributed by atoms with E-state index in [-0.39, 0.29) is 24.7 Å². The van der Waals surface area contributed by atoms with E-state index in [4.69, 9.17) is 10.5 Å². The predicted molar refractivity (Wildman–Crippen MR) is 81.4 cm³/mol. The van der Waals surface area contributed by atoms with Crippen LogP contribution in [0.15, 0.2) is 12.1 Å². The number of ether oxygens (including phenoxy) is 1. The molecule has 2 atom stereocenters. The number of aryl methyl sites for hydroxylation is 1. The summed E-state index contributed by atoms with van der Waals surface area (Å²) in [7, 11) is 0. The summed E-state index contributed by atoms with van der Waals surface area (Å²) in [5.74, 6) is 0.0430. The number of nitrogen functional groups attached to an aromatic ring is 1. The average molecular weight is 291 g/mol. The highest BCUT2D eigenvalue weighted by molar-refractivity contribution is 5.95. The van der Waals surface area contributed by atoms with Gasteiger partial charge in [-0.15, -0.1) is 0 Å². The van der Waals surface area contributed by atoms with E-state index in [0.717, 1.165) is 23.4 Å². The molecule has 6 nitrogen and oxygen atoms in total. The van der Waals surface area contributed by atoms with Crippen molar-refractivity contribution in [1.82, 2.24) is 0 Å². The van der Waals surface area contributed by atoms with Crippen molar-refractivity contribution in [3.05, 3.63) is 17.7 Å². The number of amides is 1. The summed E-state index contributed by atoms with van der Waals surface area (Å²) in [6.45, 7) is 3.19. The Morgan fingerprint density at radius 1 is 1.48 bits per heavy atom. The van der Waals surface area contributed by atoms with Gasteiger partial charge in [-0.05, 0) is 31.0 Å². The standard InChI is InChI=1S/C15H21N3O3/c1-9-8-21-11(7-19)6-18(9)14-5-13-10(4-12(14)16)2-3-15(20)17-13/h4-5,9,11,19H,2-3,6-8,16H2,1H3,(H,17,20). The van der Waals surface area contributed by atoms with Gasteiger partial charge >= 0.3 is 0 Å². The molecule has 0 aliphatic carbocycles. The molecule has 114 valence electrons. The van der Waals surface area contributed by atoms with E-state index in [1.54, 1.807) is 0 Å². The van der Waals surface area contributed by atoms with Crippen LogP contribution in [0.25, 0.3) is 0 Å². The third-order valence-corrected chi connectivity index (χ3v) is 4.17. The molecule has 0 aromatic heterocycles. The molecular weight excluding hydrogens is 270 g/mol. The van der Waals surface area contributed by atoms with Crippen LogP contribution in [0.2, 0.25) is 0 Å². The summed E-state index contributed by atoms with van der Waals surface area (Å²) in [6.07, 6.45) is 1.03. The number of benzene rings is 1. The molecule has 0 spiro atoms. The van der Waals surface area contributed by atoms with Gasteiger partial charge in [0.05, 0.1) is 30.7 Å². The first-order chi connectivity index (χ1) is 10.1. The number of hydrogen-bond acceptors (Lipinski definition) is 5. The maximum atomic E-state index is 11.6. The Labute approximate surface area is 123 Å². The molecule has 2 heterocycles. The van der Waals surface area contributed by atoms with Gasteiger partial charge in [-0.3, -0.25) is 4.79 Å². The minimum absolute atomic E-state index is 0.00913. The summed E-state index contributed by atoms with van der Waals surface area (Å²) >= 11 is 0. The molecule has 0 radical (unpaired) electrons. The van der Waals surface area contributed by atoms with Crippen LogP contribution in [0.3, 0.4) is 0 Å². The first-order valence-corrected chi connectivity index (χ1v) is 7.30. The fourth-order valence-corrected chi connectivity index (χ4v) is 2.95. The van der Waals surface area contributed by atoms with Crippen molar-refractivity contribution >= 4 is 23.0 Å². The molecule has 1 aromatic rings. The molecule has 1 fully saturated rings. The van der Waals surface area contributed by atoms with Gasteiger partial charge in [-0.25, -0.2) is 0 Å². The quantitative estimate of drug-likeness (QED) is 0.700. The van der Waals surface area contributed by atoms with Gasteiger partial charge in [0.25, 0.3) is 0 Å².